The number of halogens is 1. The van der Waals surface area contributed by atoms with Crippen LogP contribution in [0.5, 0.6) is 0 Å². The Morgan fingerprint density at radius 1 is 1.41 bits per heavy atom. The molecule has 17 heavy (non-hydrogen) atoms. The minimum Gasteiger partial charge on any atom is -0.378 e. The van der Waals surface area contributed by atoms with Gasteiger partial charge in [0, 0.05) is 18.7 Å². The van der Waals surface area contributed by atoms with E-state index < -0.39 is 0 Å². The highest BCUT2D eigenvalue weighted by atomic mass is 19.1. The lowest BCUT2D eigenvalue weighted by atomic mass is 10.1. The summed E-state index contributed by atoms with van der Waals surface area (Å²) >= 11 is 0. The van der Waals surface area contributed by atoms with Crippen molar-refractivity contribution >= 4 is 5.91 Å². The van der Waals surface area contributed by atoms with Gasteiger partial charge in [-0.2, -0.15) is 0 Å². The van der Waals surface area contributed by atoms with E-state index >= 15 is 0 Å². The van der Waals surface area contributed by atoms with Gasteiger partial charge in [0.25, 0.3) is 5.91 Å². The average molecular weight is 237 g/mol. The predicted molar refractivity (Wildman–Crippen MR) is 62.5 cm³/mol. The van der Waals surface area contributed by atoms with Crippen LogP contribution < -0.4 is 0 Å². The van der Waals surface area contributed by atoms with Crippen molar-refractivity contribution in [1.82, 2.24) is 4.90 Å². The Morgan fingerprint density at radius 3 is 2.76 bits per heavy atom. The van der Waals surface area contributed by atoms with Gasteiger partial charge in [0.1, 0.15) is 5.82 Å². The van der Waals surface area contributed by atoms with E-state index in [1.165, 1.54) is 6.07 Å². The average Bonchev–Trinajstić information content (AvgIpc) is 2.39. The molecule has 2 rings (SSSR count). The predicted octanol–water partition coefficient (Wildman–Crippen LogP) is 1.86. The molecule has 1 heterocycles. The van der Waals surface area contributed by atoms with Crippen molar-refractivity contribution in [3.8, 4) is 0 Å². The summed E-state index contributed by atoms with van der Waals surface area (Å²) in [6, 6.07) is 4.56. The van der Waals surface area contributed by atoms with Gasteiger partial charge in [-0.25, -0.2) is 4.39 Å². The van der Waals surface area contributed by atoms with E-state index in [9.17, 15) is 9.18 Å². The van der Waals surface area contributed by atoms with Crippen LogP contribution in [0.3, 0.4) is 0 Å². The first kappa shape index (κ1) is 12.0. The zero-order valence-electron chi connectivity index (χ0n) is 9.91. The number of morpholine rings is 1. The maximum absolute atomic E-state index is 13.3. The van der Waals surface area contributed by atoms with Gasteiger partial charge in [0.2, 0.25) is 0 Å². The summed E-state index contributed by atoms with van der Waals surface area (Å²) in [7, 11) is 0. The van der Waals surface area contributed by atoms with Gasteiger partial charge in [-0.3, -0.25) is 4.79 Å². The van der Waals surface area contributed by atoms with Crippen LogP contribution in [0.2, 0.25) is 0 Å². The number of benzene rings is 1. The first-order chi connectivity index (χ1) is 8.22. The maximum atomic E-state index is 13.3. The third-order valence-corrected chi connectivity index (χ3v) is 2.97. The van der Waals surface area contributed by atoms with Crippen molar-refractivity contribution < 1.29 is 13.9 Å². The molecule has 1 aliphatic rings. The van der Waals surface area contributed by atoms with E-state index in [-0.39, 0.29) is 11.7 Å². The molecular weight excluding hydrogens is 221 g/mol. The topological polar surface area (TPSA) is 29.5 Å². The first-order valence-corrected chi connectivity index (χ1v) is 5.88. The van der Waals surface area contributed by atoms with Crippen LogP contribution in [0, 0.1) is 5.82 Å². The number of aryl methyl sites for hydroxylation is 1. The van der Waals surface area contributed by atoms with Gasteiger partial charge < -0.3 is 9.64 Å². The second kappa shape index (κ2) is 5.27. The van der Waals surface area contributed by atoms with E-state index in [4.69, 9.17) is 4.74 Å². The molecule has 1 aliphatic heterocycles. The summed E-state index contributed by atoms with van der Waals surface area (Å²) in [4.78, 5) is 13.9. The van der Waals surface area contributed by atoms with Crippen LogP contribution in [0.4, 0.5) is 4.39 Å². The highest BCUT2D eigenvalue weighted by molar-refractivity contribution is 5.94. The molecule has 0 N–H and O–H groups in total. The summed E-state index contributed by atoms with van der Waals surface area (Å²) < 4.78 is 18.5. The lowest BCUT2D eigenvalue weighted by molar-refractivity contribution is 0.0303. The lowest BCUT2D eigenvalue weighted by Crippen LogP contribution is -2.40. The second-order valence-electron chi connectivity index (χ2n) is 4.06. The standard InChI is InChI=1S/C13H16FNO2/c1-2-10-9-11(3-4-12(10)14)13(16)15-5-7-17-8-6-15/h3-4,9H,2,5-8H2,1H3. The number of nitrogens with zero attached hydrogens (tertiary/aromatic N) is 1. The van der Waals surface area contributed by atoms with Crippen LogP contribution in [0.25, 0.3) is 0 Å². The molecule has 1 saturated heterocycles. The zero-order chi connectivity index (χ0) is 12.3. The number of hydrogen-bond acceptors (Lipinski definition) is 2. The first-order valence-electron chi connectivity index (χ1n) is 5.88. The Kier molecular flexibility index (Phi) is 3.74. The fourth-order valence-electron chi connectivity index (χ4n) is 1.93. The van der Waals surface area contributed by atoms with Crippen LogP contribution in [-0.2, 0) is 11.2 Å². The number of carbonyl (C=O) groups excluding carboxylic acids is 1. The van der Waals surface area contributed by atoms with Gasteiger partial charge in [0.05, 0.1) is 13.2 Å². The molecule has 0 saturated carbocycles. The van der Waals surface area contributed by atoms with Crippen molar-refractivity contribution in [2.75, 3.05) is 26.3 Å². The lowest BCUT2D eigenvalue weighted by Gasteiger charge is -2.27. The molecule has 92 valence electrons. The van der Waals surface area contributed by atoms with E-state index in [2.05, 4.69) is 0 Å². The molecule has 0 atom stereocenters. The molecule has 0 radical (unpaired) electrons. The third-order valence-electron chi connectivity index (χ3n) is 2.97. The maximum Gasteiger partial charge on any atom is 0.254 e. The largest absolute Gasteiger partial charge is 0.378 e. The van der Waals surface area contributed by atoms with Crippen molar-refractivity contribution in [2.45, 2.75) is 13.3 Å². The number of carbonyl (C=O) groups is 1. The number of ether oxygens (including phenoxy) is 1. The summed E-state index contributed by atoms with van der Waals surface area (Å²) in [5.41, 5.74) is 1.15. The Morgan fingerprint density at radius 2 is 2.12 bits per heavy atom. The minimum atomic E-state index is -0.244. The fraction of sp³-hybridized carbons (Fsp3) is 0.462. The van der Waals surface area contributed by atoms with Gasteiger partial charge >= 0.3 is 0 Å². The molecule has 1 aromatic carbocycles. The van der Waals surface area contributed by atoms with Crippen molar-refractivity contribution in [2.24, 2.45) is 0 Å². The van der Waals surface area contributed by atoms with Gasteiger partial charge in [0.15, 0.2) is 0 Å². The highest BCUT2D eigenvalue weighted by Crippen LogP contribution is 2.14. The van der Waals surface area contributed by atoms with E-state index in [1.807, 2.05) is 6.92 Å². The van der Waals surface area contributed by atoms with Crippen molar-refractivity contribution in [3.05, 3.63) is 35.1 Å². The van der Waals surface area contributed by atoms with E-state index in [0.29, 0.717) is 43.9 Å². The quantitative estimate of drug-likeness (QED) is 0.785. The van der Waals surface area contributed by atoms with Crippen LogP contribution in [0.1, 0.15) is 22.8 Å². The van der Waals surface area contributed by atoms with E-state index in [1.54, 1.807) is 17.0 Å². The molecule has 3 nitrogen and oxygen atoms in total. The summed E-state index contributed by atoms with van der Waals surface area (Å²) in [5, 5.41) is 0. The third kappa shape index (κ3) is 2.64. The Balaban J connectivity index is 2.18. The molecule has 1 aromatic rings. The van der Waals surface area contributed by atoms with Crippen molar-refractivity contribution in [1.29, 1.82) is 0 Å². The molecular formula is C13H16FNO2. The Bertz CT molecular complexity index is 414. The number of hydrogen-bond donors (Lipinski definition) is 0. The summed E-state index contributed by atoms with van der Waals surface area (Å²) in [5.74, 6) is -0.283. The summed E-state index contributed by atoms with van der Waals surface area (Å²) in [6.45, 7) is 4.25. The molecule has 1 amide bonds. The summed E-state index contributed by atoms with van der Waals surface area (Å²) in [6.07, 6.45) is 0.593. The molecule has 1 fully saturated rings. The monoisotopic (exact) mass is 237 g/mol. The molecule has 0 bridgehead atoms. The minimum absolute atomic E-state index is 0.0389. The second-order valence-corrected chi connectivity index (χ2v) is 4.06. The molecule has 0 aliphatic carbocycles. The fourth-order valence-corrected chi connectivity index (χ4v) is 1.93. The van der Waals surface area contributed by atoms with Crippen LogP contribution in [0.15, 0.2) is 18.2 Å². The molecule has 0 unspecified atom stereocenters. The van der Waals surface area contributed by atoms with Crippen LogP contribution in [-0.4, -0.2) is 37.1 Å². The molecule has 4 heteroatoms. The normalized spacial score (nSPS) is 16.0. The smallest absolute Gasteiger partial charge is 0.254 e. The Hall–Kier alpha value is -1.42. The number of amides is 1. The van der Waals surface area contributed by atoms with Crippen molar-refractivity contribution in [3.63, 3.8) is 0 Å². The van der Waals surface area contributed by atoms with Gasteiger partial charge in [-0.15, -0.1) is 0 Å². The molecule has 0 aromatic heterocycles. The molecule has 0 spiro atoms. The zero-order valence-corrected chi connectivity index (χ0v) is 9.91. The Labute approximate surface area is 100 Å². The van der Waals surface area contributed by atoms with E-state index in [0.717, 1.165) is 0 Å². The SMILES string of the molecule is CCc1cc(C(=O)N2CCOCC2)ccc1F. The highest BCUT2D eigenvalue weighted by Gasteiger charge is 2.19. The van der Waals surface area contributed by atoms with Crippen LogP contribution >= 0.6 is 0 Å². The number of rotatable bonds is 2. The van der Waals surface area contributed by atoms with Gasteiger partial charge in [-0.05, 0) is 30.2 Å². The van der Waals surface area contributed by atoms with Gasteiger partial charge in [-0.1, -0.05) is 6.92 Å².